The normalized spacial score (nSPS) is 19.9. The molecule has 0 saturated carbocycles. The summed E-state index contributed by atoms with van der Waals surface area (Å²) in [5.41, 5.74) is 0.474. The molecule has 100 valence electrons. The highest BCUT2D eigenvalue weighted by Crippen LogP contribution is 2.30. The number of hydrogen-bond donors (Lipinski definition) is 0. The van der Waals surface area contributed by atoms with Crippen molar-refractivity contribution in [2.45, 2.75) is 41.0 Å². The lowest BCUT2D eigenvalue weighted by Gasteiger charge is -2.24. The first-order valence-corrected chi connectivity index (χ1v) is 6.41. The summed E-state index contributed by atoms with van der Waals surface area (Å²) in [7, 11) is 0. The van der Waals surface area contributed by atoms with E-state index in [4.69, 9.17) is 4.74 Å². The molecule has 1 rings (SSSR count). The quantitative estimate of drug-likeness (QED) is 0.720. The van der Waals surface area contributed by atoms with Crippen LogP contribution in [0.1, 0.15) is 41.0 Å². The molecule has 0 heterocycles. The minimum Gasteiger partial charge on any atom is -0.462 e. The van der Waals surface area contributed by atoms with Crippen LogP contribution >= 0.6 is 0 Å². The van der Waals surface area contributed by atoms with Crippen LogP contribution < -0.4 is 0 Å². The molecule has 3 heteroatoms. The van der Waals surface area contributed by atoms with Crippen molar-refractivity contribution in [2.24, 2.45) is 11.3 Å². The topological polar surface area (TPSA) is 43.4 Å². The SMILES string of the molecule is CC[C@@H](C)COC(=O)C1=CC(C)(C)C(=O)C(C)=C1. The molecule has 0 bridgehead atoms. The maximum absolute atomic E-state index is 11.9. The molecule has 0 aromatic rings. The molecule has 0 saturated heterocycles. The molecule has 0 N–H and O–H groups in total. The molecule has 3 nitrogen and oxygen atoms in total. The van der Waals surface area contributed by atoms with Crippen molar-refractivity contribution in [2.75, 3.05) is 6.61 Å². The zero-order chi connectivity index (χ0) is 13.9. The van der Waals surface area contributed by atoms with E-state index in [0.717, 1.165) is 6.42 Å². The molecule has 0 radical (unpaired) electrons. The number of ether oxygens (including phenoxy) is 1. The van der Waals surface area contributed by atoms with E-state index in [2.05, 4.69) is 6.92 Å². The Labute approximate surface area is 109 Å². The summed E-state index contributed by atoms with van der Waals surface area (Å²) >= 11 is 0. The van der Waals surface area contributed by atoms with E-state index in [1.807, 2.05) is 20.8 Å². The molecule has 0 aromatic heterocycles. The van der Waals surface area contributed by atoms with Gasteiger partial charge in [-0.05, 0) is 38.3 Å². The fourth-order valence-electron chi connectivity index (χ4n) is 1.84. The lowest BCUT2D eigenvalue weighted by Crippen LogP contribution is -2.28. The van der Waals surface area contributed by atoms with E-state index in [1.165, 1.54) is 0 Å². The lowest BCUT2D eigenvalue weighted by atomic mass is 9.79. The number of rotatable bonds is 4. The number of esters is 1. The number of hydrogen-bond acceptors (Lipinski definition) is 3. The largest absolute Gasteiger partial charge is 0.462 e. The Hall–Kier alpha value is -1.38. The standard InChI is InChI=1S/C15H22O3/c1-6-10(2)9-18-14(17)12-7-11(3)13(16)15(4,5)8-12/h7-8,10H,6,9H2,1-5H3/t10-/m1/s1. The Kier molecular flexibility index (Phi) is 4.49. The predicted octanol–water partition coefficient (Wildman–Crippen LogP) is 3.06. The van der Waals surface area contributed by atoms with Gasteiger partial charge in [0.05, 0.1) is 12.2 Å². The van der Waals surface area contributed by atoms with Gasteiger partial charge in [-0.2, -0.15) is 0 Å². The second-order valence-electron chi connectivity index (χ2n) is 5.59. The average molecular weight is 250 g/mol. The van der Waals surface area contributed by atoms with Crippen molar-refractivity contribution >= 4 is 11.8 Å². The summed E-state index contributed by atoms with van der Waals surface area (Å²) in [6, 6.07) is 0. The summed E-state index contributed by atoms with van der Waals surface area (Å²) in [6.45, 7) is 9.88. The highest BCUT2D eigenvalue weighted by Gasteiger charge is 2.31. The number of Topliss-reactive ketones (excluding diaryl/α,β-unsaturated/α-hetero) is 1. The van der Waals surface area contributed by atoms with Crippen LogP contribution in [0.15, 0.2) is 23.3 Å². The summed E-state index contributed by atoms with van der Waals surface area (Å²) in [6.07, 6.45) is 4.29. The van der Waals surface area contributed by atoms with Crippen molar-refractivity contribution in [3.8, 4) is 0 Å². The Morgan fingerprint density at radius 2 is 2.06 bits per heavy atom. The molecule has 18 heavy (non-hydrogen) atoms. The molecule has 0 amide bonds. The Morgan fingerprint density at radius 3 is 2.56 bits per heavy atom. The van der Waals surface area contributed by atoms with Gasteiger partial charge in [0.1, 0.15) is 0 Å². The first-order valence-electron chi connectivity index (χ1n) is 6.41. The minimum absolute atomic E-state index is 0.0565. The van der Waals surface area contributed by atoms with Crippen LogP contribution in [0, 0.1) is 11.3 Å². The molecule has 1 aliphatic rings. The number of allylic oxidation sites excluding steroid dienone is 2. The van der Waals surface area contributed by atoms with Gasteiger partial charge in [0, 0.05) is 5.41 Å². The van der Waals surface area contributed by atoms with Crippen LogP contribution in [-0.2, 0) is 14.3 Å². The highest BCUT2D eigenvalue weighted by atomic mass is 16.5. The van der Waals surface area contributed by atoms with Crippen LogP contribution in [0.4, 0.5) is 0 Å². The molecule has 0 aromatic carbocycles. The second-order valence-corrected chi connectivity index (χ2v) is 5.59. The third-order valence-corrected chi connectivity index (χ3v) is 3.26. The van der Waals surface area contributed by atoms with Crippen molar-refractivity contribution in [1.29, 1.82) is 0 Å². The van der Waals surface area contributed by atoms with Crippen molar-refractivity contribution in [3.05, 3.63) is 23.3 Å². The van der Waals surface area contributed by atoms with Gasteiger partial charge in [0.2, 0.25) is 0 Å². The van der Waals surface area contributed by atoms with Gasteiger partial charge in [0.15, 0.2) is 5.78 Å². The van der Waals surface area contributed by atoms with E-state index < -0.39 is 5.41 Å². The zero-order valence-electron chi connectivity index (χ0n) is 11.9. The smallest absolute Gasteiger partial charge is 0.337 e. The zero-order valence-corrected chi connectivity index (χ0v) is 11.9. The van der Waals surface area contributed by atoms with E-state index in [1.54, 1.807) is 19.1 Å². The maximum Gasteiger partial charge on any atom is 0.337 e. The number of carbonyl (C=O) groups excluding carboxylic acids is 2. The van der Waals surface area contributed by atoms with Gasteiger partial charge in [0.25, 0.3) is 0 Å². The summed E-state index contributed by atoms with van der Waals surface area (Å²) < 4.78 is 5.25. The van der Waals surface area contributed by atoms with E-state index >= 15 is 0 Å². The van der Waals surface area contributed by atoms with Crippen molar-refractivity contribution < 1.29 is 14.3 Å². The van der Waals surface area contributed by atoms with Crippen LogP contribution in [0.3, 0.4) is 0 Å². The van der Waals surface area contributed by atoms with E-state index in [-0.39, 0.29) is 11.8 Å². The van der Waals surface area contributed by atoms with Gasteiger partial charge in [-0.3, -0.25) is 4.79 Å². The molecule has 0 fully saturated rings. The van der Waals surface area contributed by atoms with E-state index in [9.17, 15) is 9.59 Å². The van der Waals surface area contributed by atoms with Gasteiger partial charge in [-0.25, -0.2) is 4.79 Å². The maximum atomic E-state index is 11.9. The molecule has 0 aliphatic heterocycles. The fraction of sp³-hybridized carbons (Fsp3) is 0.600. The highest BCUT2D eigenvalue weighted by molar-refractivity contribution is 6.06. The van der Waals surface area contributed by atoms with Crippen molar-refractivity contribution in [3.63, 3.8) is 0 Å². The first-order chi connectivity index (χ1) is 8.27. The van der Waals surface area contributed by atoms with Crippen LogP contribution in [0.2, 0.25) is 0 Å². The van der Waals surface area contributed by atoms with Crippen LogP contribution in [0.5, 0.6) is 0 Å². The summed E-state index contributed by atoms with van der Waals surface area (Å²) in [5, 5.41) is 0. The van der Waals surface area contributed by atoms with Crippen LogP contribution in [0.25, 0.3) is 0 Å². The Balaban J connectivity index is 2.78. The molecular weight excluding hydrogens is 228 g/mol. The predicted molar refractivity (Wildman–Crippen MR) is 71.0 cm³/mol. The van der Waals surface area contributed by atoms with Crippen molar-refractivity contribution in [1.82, 2.24) is 0 Å². The Bertz CT molecular complexity index is 413. The van der Waals surface area contributed by atoms with Gasteiger partial charge < -0.3 is 4.74 Å². The van der Waals surface area contributed by atoms with Crippen LogP contribution in [-0.4, -0.2) is 18.4 Å². The number of ketones is 1. The van der Waals surface area contributed by atoms with Gasteiger partial charge >= 0.3 is 5.97 Å². The lowest BCUT2D eigenvalue weighted by molar-refractivity contribution is -0.139. The van der Waals surface area contributed by atoms with E-state index in [0.29, 0.717) is 23.7 Å². The molecule has 1 aliphatic carbocycles. The first kappa shape index (κ1) is 14.7. The third kappa shape index (κ3) is 3.31. The Morgan fingerprint density at radius 1 is 1.44 bits per heavy atom. The number of carbonyl (C=O) groups is 2. The summed E-state index contributed by atoms with van der Waals surface area (Å²) in [4.78, 5) is 23.8. The molecule has 0 spiro atoms. The molecule has 1 atom stereocenters. The minimum atomic E-state index is -0.621. The fourth-order valence-corrected chi connectivity index (χ4v) is 1.84. The van der Waals surface area contributed by atoms with Gasteiger partial charge in [-0.15, -0.1) is 0 Å². The second kappa shape index (κ2) is 5.51. The molecule has 0 unspecified atom stereocenters. The van der Waals surface area contributed by atoms with Gasteiger partial charge in [-0.1, -0.05) is 26.3 Å². The average Bonchev–Trinajstić information content (AvgIpc) is 2.31. The summed E-state index contributed by atoms with van der Waals surface area (Å²) in [5.74, 6) is 0.0778. The monoisotopic (exact) mass is 250 g/mol. The molecular formula is C15H22O3. The third-order valence-electron chi connectivity index (χ3n) is 3.26.